The molecule has 39 heteroatoms. The number of rotatable bonds is 12. The van der Waals surface area contributed by atoms with Crippen LogP contribution >= 0.6 is 0 Å². The molecular formula is C35H18F2N4Na6O21S6. The Balaban J connectivity index is 0.00000888. The topological polar surface area (TPSA) is 443 Å². The number of benzene rings is 6. The molecule has 0 aliphatic heterocycles. The molecule has 0 saturated carbocycles. The molecule has 0 radical (unpaired) electrons. The fourth-order valence-corrected chi connectivity index (χ4v) is 10.3. The number of fused-ring (bicyclic) bond motifs is 2. The minimum Gasteiger partial charge on any atom is -0.744 e. The molecule has 6 rings (SSSR count). The first-order valence-corrected chi connectivity index (χ1v) is 25.8. The fourth-order valence-electron chi connectivity index (χ4n) is 6.31. The van der Waals surface area contributed by atoms with E-state index in [1.807, 2.05) is 21.3 Å². The van der Waals surface area contributed by atoms with Gasteiger partial charge in [-0.2, -0.15) is 0 Å². The monoisotopic (exact) mass is 1200 g/mol. The van der Waals surface area contributed by atoms with Gasteiger partial charge >= 0.3 is 183 Å². The van der Waals surface area contributed by atoms with Crippen LogP contribution in [-0.4, -0.2) is 95.7 Å². The summed E-state index contributed by atoms with van der Waals surface area (Å²) in [6, 6.07) is 5.18. The molecule has 25 nitrogen and oxygen atoms in total. The molecule has 4 N–H and O–H groups in total. The second kappa shape index (κ2) is 27.2. The number of anilines is 4. The number of hydrogen-bond donors (Lipinski definition) is 4. The average molecular weight is 1200 g/mol. The van der Waals surface area contributed by atoms with Crippen molar-refractivity contribution >= 4 is 123 Å². The Morgan fingerprint density at radius 2 is 0.649 bits per heavy atom. The maximum Gasteiger partial charge on any atom is 1.00 e. The summed E-state index contributed by atoms with van der Waals surface area (Å²) in [6.07, 6.45) is 0. The van der Waals surface area contributed by atoms with Gasteiger partial charge in [-0.05, 0) is 84.9 Å². The Morgan fingerprint density at radius 3 is 0.919 bits per heavy atom. The molecule has 6 aromatic rings. The zero-order valence-electron chi connectivity index (χ0n) is 38.4. The number of carbonyl (C=O) groups is 3. The summed E-state index contributed by atoms with van der Waals surface area (Å²) in [4.78, 5) is 31.0. The van der Waals surface area contributed by atoms with Crippen molar-refractivity contribution in [1.29, 1.82) is 0 Å². The third-order valence-electron chi connectivity index (χ3n) is 9.13. The Bertz CT molecular complexity index is 3720. The van der Waals surface area contributed by atoms with E-state index in [0.29, 0.717) is 48.5 Å². The summed E-state index contributed by atoms with van der Waals surface area (Å²) in [5, 5.41) is 3.58. The van der Waals surface area contributed by atoms with Crippen molar-refractivity contribution < 1.29 is 278 Å². The molecule has 0 fully saturated rings. The van der Waals surface area contributed by atoms with Crippen molar-refractivity contribution in [2.45, 2.75) is 29.4 Å². The number of amides is 4. The predicted molar refractivity (Wildman–Crippen MR) is 217 cm³/mol. The third-order valence-corrected chi connectivity index (χ3v) is 14.3. The molecule has 0 heterocycles. The van der Waals surface area contributed by atoms with E-state index in [2.05, 4.69) is 0 Å². The Labute approximate surface area is 550 Å². The van der Waals surface area contributed by atoms with Crippen LogP contribution in [0, 0.1) is 11.6 Å². The first-order valence-electron chi connectivity index (χ1n) is 17.3. The van der Waals surface area contributed by atoms with Crippen molar-refractivity contribution in [1.82, 2.24) is 0 Å². The minimum atomic E-state index is -5.84. The van der Waals surface area contributed by atoms with E-state index in [9.17, 15) is 101 Å². The van der Waals surface area contributed by atoms with Gasteiger partial charge in [0.25, 0.3) is 11.8 Å². The number of nitrogens with one attached hydrogen (secondary N) is 4. The van der Waals surface area contributed by atoms with E-state index in [1.165, 1.54) is 0 Å². The van der Waals surface area contributed by atoms with Crippen molar-refractivity contribution in [3.63, 3.8) is 0 Å². The maximum absolute atomic E-state index is 15.0. The smallest absolute Gasteiger partial charge is 0.744 e. The van der Waals surface area contributed by atoms with Gasteiger partial charge in [0.15, 0.2) is 0 Å². The zero-order valence-corrected chi connectivity index (χ0v) is 55.3. The molecule has 0 unspecified atom stereocenters. The van der Waals surface area contributed by atoms with E-state index in [-0.39, 0.29) is 202 Å². The summed E-state index contributed by atoms with van der Waals surface area (Å²) in [7, 11) is -34.1. The van der Waals surface area contributed by atoms with Gasteiger partial charge in [0.2, 0.25) is 0 Å². The average Bonchev–Trinajstić information content (AvgIpc) is 3.19. The summed E-state index contributed by atoms with van der Waals surface area (Å²) in [5.41, 5.74) is -4.50. The van der Waals surface area contributed by atoms with Crippen LogP contribution in [0.3, 0.4) is 0 Å². The van der Waals surface area contributed by atoms with Gasteiger partial charge in [-0.15, -0.1) is 0 Å². The molecule has 0 aromatic heterocycles. The van der Waals surface area contributed by atoms with Gasteiger partial charge in [-0.25, -0.2) is 64.1 Å². The second-order valence-corrected chi connectivity index (χ2v) is 21.7. The Hall–Kier alpha value is -0.630. The summed E-state index contributed by atoms with van der Waals surface area (Å²) < 4.78 is 246. The molecule has 0 bridgehead atoms. The molecule has 0 aliphatic carbocycles. The first kappa shape index (κ1) is 73.4. The molecule has 0 saturated heterocycles. The van der Waals surface area contributed by atoms with E-state index in [4.69, 9.17) is 0 Å². The van der Waals surface area contributed by atoms with Gasteiger partial charge in [0.1, 0.15) is 72.3 Å². The summed E-state index contributed by atoms with van der Waals surface area (Å²) >= 11 is 0. The van der Waals surface area contributed by atoms with Crippen LogP contribution in [0.4, 0.5) is 36.3 Å². The first-order chi connectivity index (χ1) is 31.0. The van der Waals surface area contributed by atoms with Crippen LogP contribution in [0.25, 0.3) is 21.5 Å². The van der Waals surface area contributed by atoms with Crippen LogP contribution in [0.5, 0.6) is 0 Å². The number of carbonyl (C=O) groups excluding carboxylic acids is 3. The minimum absolute atomic E-state index is 0. The second-order valence-electron chi connectivity index (χ2n) is 13.5. The predicted octanol–water partition coefficient (Wildman–Crippen LogP) is -16.1. The zero-order chi connectivity index (χ0) is 50.9. The maximum atomic E-state index is 15.0. The van der Waals surface area contributed by atoms with Gasteiger partial charge in [-0.1, -0.05) is 0 Å². The molecule has 360 valence electrons. The third kappa shape index (κ3) is 17.2. The molecule has 0 atom stereocenters. The Morgan fingerprint density at radius 1 is 0.351 bits per heavy atom. The summed E-state index contributed by atoms with van der Waals surface area (Å²) in [5.74, 6) is -5.26. The molecule has 0 spiro atoms. The van der Waals surface area contributed by atoms with Crippen LogP contribution in [0.1, 0.15) is 20.7 Å². The van der Waals surface area contributed by atoms with Gasteiger partial charge in [-0.3, -0.25) is 9.59 Å². The van der Waals surface area contributed by atoms with E-state index in [0.717, 1.165) is 12.1 Å². The molecule has 74 heavy (non-hydrogen) atoms. The molecular weight excluding hydrogens is 1180 g/mol. The van der Waals surface area contributed by atoms with E-state index in [1.54, 1.807) is 0 Å². The van der Waals surface area contributed by atoms with Crippen LogP contribution < -0.4 is 199 Å². The number of hydrogen-bond acceptors (Lipinski definition) is 21. The quantitative estimate of drug-likeness (QED) is 0.0653. The van der Waals surface area contributed by atoms with E-state index < -0.39 is 175 Å². The van der Waals surface area contributed by atoms with Crippen LogP contribution in [-0.2, 0) is 60.7 Å². The summed E-state index contributed by atoms with van der Waals surface area (Å²) in [6.45, 7) is 0. The molecule has 0 aliphatic rings. The van der Waals surface area contributed by atoms with Crippen molar-refractivity contribution in [3.05, 3.63) is 108 Å². The fraction of sp³-hybridized carbons (Fsp3) is 0. The van der Waals surface area contributed by atoms with Crippen molar-refractivity contribution in [2.24, 2.45) is 0 Å². The van der Waals surface area contributed by atoms with Gasteiger partial charge in [0.05, 0.1) is 52.1 Å². The standard InChI is InChI=1S/C35H24F2N4O21S6.6Na/c36-21-3-1-15(33(42)38-23-5-7-27(65(51,52)53)19-11-17(63(45,46)47)13-29(31(19)23)67(57,58)59)9-25(21)40-35(44)41-26-10-16(2-4-22(26)37)34(43)39-24-6-8-28(66(54,55)56)20-12-18(64(48,49)50)14-30(32(20)24)68(60,61)62;;;;;;/h1-14H,(H,38,42)(H,39,43)(H2,40,41,44)(H,45,46,47)(H,48,49,50)(H,51,52,53)(H,54,55,56)(H,57,58,59)(H,60,61,62);;;;;;/q;6*+1/p-6. The normalized spacial score (nSPS) is 11.7. The number of urea groups is 1. The van der Waals surface area contributed by atoms with Crippen LogP contribution in [0.15, 0.2) is 114 Å². The number of halogens is 2. The van der Waals surface area contributed by atoms with Crippen LogP contribution in [0.2, 0.25) is 0 Å². The van der Waals surface area contributed by atoms with Gasteiger partial charge < -0.3 is 48.6 Å². The van der Waals surface area contributed by atoms with E-state index >= 15 is 0 Å². The molecule has 6 aromatic carbocycles. The molecule has 4 amide bonds. The largest absolute Gasteiger partial charge is 1.00 e. The Kier molecular flexibility index (Phi) is 27.0. The SMILES string of the molecule is O=C(Nc1cc(C(=O)Nc2ccc(S(=O)(=O)[O-])c3cc(S(=O)(=O)[O-])cc(S(=O)(=O)[O-])c23)ccc1F)Nc1cc(C(=O)Nc2ccc(S(=O)(=O)[O-])c3cc(S(=O)(=O)[O-])cc(S(=O)(=O)[O-])c23)ccc1F.[Na+].[Na+].[Na+].[Na+].[Na+].[Na+]. The van der Waals surface area contributed by atoms with Crippen molar-refractivity contribution in [2.75, 3.05) is 21.3 Å². The van der Waals surface area contributed by atoms with Crippen molar-refractivity contribution in [3.8, 4) is 0 Å². The van der Waals surface area contributed by atoms with Gasteiger partial charge in [0, 0.05) is 32.7 Å².